The highest BCUT2D eigenvalue weighted by molar-refractivity contribution is 9.10. The summed E-state index contributed by atoms with van der Waals surface area (Å²) in [6.45, 7) is 0.265. The molecule has 20 heavy (non-hydrogen) atoms. The van der Waals surface area contributed by atoms with Gasteiger partial charge in [0.05, 0.1) is 10.0 Å². The minimum atomic E-state index is -0.988. The third-order valence-corrected chi connectivity index (χ3v) is 3.78. The number of hydrogen-bond acceptors (Lipinski definition) is 2. The quantitative estimate of drug-likeness (QED) is 0.814. The summed E-state index contributed by atoms with van der Waals surface area (Å²) in [6, 6.07) is 9.72. The highest BCUT2D eigenvalue weighted by Crippen LogP contribution is 2.28. The van der Waals surface area contributed by atoms with Gasteiger partial charge in [-0.2, -0.15) is 0 Å². The molecular weight excluding hydrogens is 367 g/mol. The maximum Gasteiger partial charge on any atom is 0.335 e. The van der Waals surface area contributed by atoms with Crippen LogP contribution < -0.4 is 4.74 Å². The summed E-state index contributed by atoms with van der Waals surface area (Å²) < 4.78 is 6.18. The normalized spacial score (nSPS) is 10.3. The fourth-order valence-corrected chi connectivity index (χ4v) is 2.50. The van der Waals surface area contributed by atoms with Crippen LogP contribution in [0.2, 0.25) is 10.0 Å². The Morgan fingerprint density at radius 3 is 2.55 bits per heavy atom. The van der Waals surface area contributed by atoms with Crippen molar-refractivity contribution >= 4 is 45.1 Å². The minimum absolute atomic E-state index is 0.189. The van der Waals surface area contributed by atoms with Crippen LogP contribution >= 0.6 is 39.1 Å². The molecule has 0 atom stereocenters. The Balaban J connectivity index is 2.13. The van der Waals surface area contributed by atoms with Crippen molar-refractivity contribution in [2.75, 3.05) is 0 Å². The van der Waals surface area contributed by atoms with Crippen LogP contribution in [0.25, 0.3) is 0 Å². The number of carboxylic acid groups (broad SMARTS) is 1. The van der Waals surface area contributed by atoms with Gasteiger partial charge in [0.15, 0.2) is 0 Å². The minimum Gasteiger partial charge on any atom is -0.488 e. The van der Waals surface area contributed by atoms with Crippen LogP contribution in [-0.2, 0) is 6.61 Å². The van der Waals surface area contributed by atoms with Crippen LogP contribution in [0, 0.1) is 0 Å². The van der Waals surface area contributed by atoms with Gasteiger partial charge in [0, 0.05) is 15.6 Å². The summed E-state index contributed by atoms with van der Waals surface area (Å²) in [6.07, 6.45) is 0. The zero-order chi connectivity index (χ0) is 14.7. The van der Waals surface area contributed by atoms with E-state index in [1.54, 1.807) is 24.3 Å². The van der Waals surface area contributed by atoms with Crippen molar-refractivity contribution < 1.29 is 14.6 Å². The molecule has 2 rings (SSSR count). The molecule has 0 spiro atoms. The Bertz CT molecular complexity index is 659. The van der Waals surface area contributed by atoms with Crippen LogP contribution in [-0.4, -0.2) is 11.1 Å². The van der Waals surface area contributed by atoms with Gasteiger partial charge in [0.1, 0.15) is 12.4 Å². The molecule has 0 fully saturated rings. The molecule has 0 saturated carbocycles. The number of halogens is 3. The van der Waals surface area contributed by atoms with Gasteiger partial charge in [0.2, 0.25) is 0 Å². The van der Waals surface area contributed by atoms with E-state index in [9.17, 15) is 4.79 Å². The molecule has 0 amide bonds. The van der Waals surface area contributed by atoms with E-state index < -0.39 is 5.97 Å². The van der Waals surface area contributed by atoms with Crippen molar-refractivity contribution in [3.63, 3.8) is 0 Å². The van der Waals surface area contributed by atoms with E-state index in [4.69, 9.17) is 33.0 Å². The lowest BCUT2D eigenvalue weighted by Gasteiger charge is -2.10. The molecule has 0 bridgehead atoms. The molecule has 2 aromatic rings. The summed E-state index contributed by atoms with van der Waals surface area (Å²) in [4.78, 5) is 10.8. The fourth-order valence-electron chi connectivity index (χ4n) is 1.55. The van der Waals surface area contributed by atoms with E-state index in [2.05, 4.69) is 15.9 Å². The van der Waals surface area contributed by atoms with Crippen molar-refractivity contribution in [2.24, 2.45) is 0 Å². The third kappa shape index (κ3) is 3.66. The van der Waals surface area contributed by atoms with Gasteiger partial charge in [0.25, 0.3) is 0 Å². The van der Waals surface area contributed by atoms with Gasteiger partial charge in [-0.1, -0.05) is 29.3 Å². The van der Waals surface area contributed by atoms with E-state index in [1.807, 2.05) is 0 Å². The number of carbonyl (C=O) groups is 1. The van der Waals surface area contributed by atoms with Crippen LogP contribution in [0.1, 0.15) is 15.9 Å². The molecular formula is C14H9BrCl2O3. The number of aromatic carboxylic acids is 1. The fraction of sp³-hybridized carbons (Fsp3) is 0.0714. The van der Waals surface area contributed by atoms with Crippen molar-refractivity contribution in [3.05, 3.63) is 62.0 Å². The molecule has 0 heterocycles. The summed E-state index contributed by atoms with van der Waals surface area (Å²) in [5, 5.41) is 9.96. The van der Waals surface area contributed by atoms with Gasteiger partial charge in [-0.25, -0.2) is 4.79 Å². The molecule has 0 aliphatic rings. The molecule has 0 aliphatic heterocycles. The first-order valence-electron chi connectivity index (χ1n) is 5.57. The number of hydrogen-bond donors (Lipinski definition) is 1. The smallest absolute Gasteiger partial charge is 0.335 e. The van der Waals surface area contributed by atoms with Crippen LogP contribution in [0.4, 0.5) is 0 Å². The molecule has 6 heteroatoms. The van der Waals surface area contributed by atoms with Crippen molar-refractivity contribution in [2.45, 2.75) is 6.61 Å². The Morgan fingerprint density at radius 1 is 1.20 bits per heavy atom. The average Bonchev–Trinajstić information content (AvgIpc) is 2.38. The Labute approximate surface area is 134 Å². The SMILES string of the molecule is O=C(O)c1ccc(OCc2ccc(Cl)cc2Cl)c(Br)c1. The number of carboxylic acids is 1. The number of benzene rings is 2. The van der Waals surface area contributed by atoms with E-state index in [-0.39, 0.29) is 12.2 Å². The molecule has 0 radical (unpaired) electrons. The molecule has 3 nitrogen and oxygen atoms in total. The molecule has 0 saturated heterocycles. The standard InChI is InChI=1S/C14H9BrCl2O3/c15-11-5-8(14(18)19)2-4-13(11)20-7-9-1-3-10(16)6-12(9)17/h1-6H,7H2,(H,18,19). The topological polar surface area (TPSA) is 46.5 Å². The van der Waals surface area contributed by atoms with E-state index >= 15 is 0 Å². The van der Waals surface area contributed by atoms with Gasteiger partial charge in [-0.3, -0.25) is 0 Å². The molecule has 0 unspecified atom stereocenters. The van der Waals surface area contributed by atoms with Crippen LogP contribution in [0.15, 0.2) is 40.9 Å². The largest absolute Gasteiger partial charge is 0.488 e. The zero-order valence-electron chi connectivity index (χ0n) is 10.1. The molecule has 104 valence electrons. The van der Waals surface area contributed by atoms with Crippen LogP contribution in [0.5, 0.6) is 5.75 Å². The van der Waals surface area contributed by atoms with E-state index in [1.165, 1.54) is 12.1 Å². The first-order valence-corrected chi connectivity index (χ1v) is 7.12. The van der Waals surface area contributed by atoms with Gasteiger partial charge < -0.3 is 9.84 Å². The van der Waals surface area contributed by atoms with E-state index in [0.717, 1.165) is 5.56 Å². The van der Waals surface area contributed by atoms with E-state index in [0.29, 0.717) is 20.3 Å². The lowest BCUT2D eigenvalue weighted by molar-refractivity contribution is 0.0696. The third-order valence-electron chi connectivity index (χ3n) is 2.58. The maximum atomic E-state index is 10.8. The lowest BCUT2D eigenvalue weighted by Crippen LogP contribution is -1.99. The van der Waals surface area contributed by atoms with Crippen molar-refractivity contribution in [3.8, 4) is 5.75 Å². The van der Waals surface area contributed by atoms with Crippen LogP contribution in [0.3, 0.4) is 0 Å². The second-order valence-corrected chi connectivity index (χ2v) is 5.67. The highest BCUT2D eigenvalue weighted by atomic mass is 79.9. The first-order chi connectivity index (χ1) is 9.47. The second kappa shape index (κ2) is 6.48. The Kier molecular flexibility index (Phi) is 4.91. The van der Waals surface area contributed by atoms with Gasteiger partial charge >= 0.3 is 5.97 Å². The predicted molar refractivity (Wildman–Crippen MR) is 81.9 cm³/mol. The summed E-state index contributed by atoms with van der Waals surface area (Å²) >= 11 is 15.1. The second-order valence-electron chi connectivity index (χ2n) is 3.97. The van der Waals surface area contributed by atoms with Crippen molar-refractivity contribution in [1.29, 1.82) is 0 Å². The Morgan fingerprint density at radius 2 is 1.95 bits per heavy atom. The first kappa shape index (κ1) is 15.2. The van der Waals surface area contributed by atoms with Gasteiger partial charge in [-0.15, -0.1) is 0 Å². The number of ether oxygens (including phenoxy) is 1. The monoisotopic (exact) mass is 374 g/mol. The van der Waals surface area contributed by atoms with Crippen molar-refractivity contribution in [1.82, 2.24) is 0 Å². The lowest BCUT2D eigenvalue weighted by atomic mass is 10.2. The molecule has 2 aromatic carbocycles. The highest BCUT2D eigenvalue weighted by Gasteiger charge is 2.09. The molecule has 0 aliphatic carbocycles. The predicted octanol–water partition coefficient (Wildman–Crippen LogP) is 5.03. The van der Waals surface area contributed by atoms with Gasteiger partial charge in [-0.05, 0) is 46.3 Å². The summed E-state index contributed by atoms with van der Waals surface area (Å²) in [7, 11) is 0. The number of rotatable bonds is 4. The zero-order valence-corrected chi connectivity index (χ0v) is 13.2. The molecule has 0 aromatic heterocycles. The molecule has 1 N–H and O–H groups in total. The summed E-state index contributed by atoms with van der Waals surface area (Å²) in [5.74, 6) is -0.445. The Hall–Kier alpha value is -1.23. The average molecular weight is 376 g/mol. The maximum absolute atomic E-state index is 10.8. The summed E-state index contributed by atoms with van der Waals surface area (Å²) in [5.41, 5.74) is 0.985.